The number of thioether (sulfide) groups is 1. The molecule has 1 unspecified atom stereocenters. The van der Waals surface area contributed by atoms with Gasteiger partial charge in [0.1, 0.15) is 16.1 Å². The first-order valence-corrected chi connectivity index (χ1v) is 10.0. The minimum Gasteiger partial charge on any atom is -0.497 e. The molecular weight excluding hydrogens is 408 g/mol. The van der Waals surface area contributed by atoms with Crippen LogP contribution >= 0.6 is 24.0 Å². The van der Waals surface area contributed by atoms with Gasteiger partial charge >= 0.3 is 0 Å². The van der Waals surface area contributed by atoms with Crippen LogP contribution in [0.25, 0.3) is 6.08 Å². The zero-order chi connectivity index (χ0) is 20.5. The van der Waals surface area contributed by atoms with Crippen LogP contribution in [0, 0.1) is 0 Å². The molecule has 2 saturated heterocycles. The molecule has 4 rings (SSSR count). The summed E-state index contributed by atoms with van der Waals surface area (Å²) < 4.78 is 5.41. The van der Waals surface area contributed by atoms with Crippen LogP contribution in [-0.4, -0.2) is 40.1 Å². The molecule has 0 saturated carbocycles. The molecule has 0 bridgehead atoms. The number of benzene rings is 2. The van der Waals surface area contributed by atoms with Crippen molar-refractivity contribution >= 4 is 57.8 Å². The molecule has 3 amide bonds. The SMILES string of the molecule is COc1ccc(/C=C2/SC(=S)N(C3CC(=O)N(c4ccccc4)C3=O)C2=O)cc1. The van der Waals surface area contributed by atoms with Gasteiger partial charge in [0, 0.05) is 0 Å². The molecule has 0 aromatic heterocycles. The number of nitrogens with zero attached hydrogens (tertiary/aromatic N) is 2. The van der Waals surface area contributed by atoms with Gasteiger partial charge in [-0.1, -0.05) is 54.3 Å². The molecule has 6 nitrogen and oxygen atoms in total. The number of carbonyl (C=O) groups excluding carboxylic acids is 3. The van der Waals surface area contributed by atoms with Gasteiger partial charge in [-0.3, -0.25) is 19.3 Å². The van der Waals surface area contributed by atoms with E-state index in [1.54, 1.807) is 55.7 Å². The first-order valence-electron chi connectivity index (χ1n) is 8.82. The predicted octanol–water partition coefficient (Wildman–Crippen LogP) is 3.23. The number of para-hydroxylation sites is 1. The summed E-state index contributed by atoms with van der Waals surface area (Å²) in [6, 6.07) is 15.0. The van der Waals surface area contributed by atoms with E-state index in [0.717, 1.165) is 22.2 Å². The van der Waals surface area contributed by atoms with Crippen molar-refractivity contribution < 1.29 is 19.1 Å². The third-order valence-corrected chi connectivity index (χ3v) is 6.02. The third-order valence-electron chi connectivity index (χ3n) is 4.69. The maximum absolute atomic E-state index is 13.0. The number of carbonyl (C=O) groups is 3. The fourth-order valence-electron chi connectivity index (χ4n) is 3.27. The molecule has 2 aromatic rings. The number of hydrogen-bond acceptors (Lipinski definition) is 6. The van der Waals surface area contributed by atoms with Crippen molar-refractivity contribution in [1.29, 1.82) is 0 Å². The fraction of sp³-hybridized carbons (Fsp3) is 0.143. The molecule has 2 fully saturated rings. The van der Waals surface area contributed by atoms with Crippen molar-refractivity contribution in [2.75, 3.05) is 12.0 Å². The molecule has 2 heterocycles. The minimum atomic E-state index is -0.919. The summed E-state index contributed by atoms with van der Waals surface area (Å²) in [6.45, 7) is 0. The van der Waals surface area contributed by atoms with Crippen LogP contribution in [0.5, 0.6) is 5.75 Å². The van der Waals surface area contributed by atoms with Crippen LogP contribution in [0.2, 0.25) is 0 Å². The van der Waals surface area contributed by atoms with Crippen molar-refractivity contribution in [3.63, 3.8) is 0 Å². The number of rotatable bonds is 4. The molecule has 8 heteroatoms. The van der Waals surface area contributed by atoms with E-state index in [9.17, 15) is 14.4 Å². The number of ether oxygens (including phenoxy) is 1. The smallest absolute Gasteiger partial charge is 0.266 e. The van der Waals surface area contributed by atoms with Gasteiger partial charge in [0.2, 0.25) is 5.91 Å². The van der Waals surface area contributed by atoms with Gasteiger partial charge in [0.15, 0.2) is 0 Å². The van der Waals surface area contributed by atoms with Crippen LogP contribution in [0.4, 0.5) is 5.69 Å². The molecule has 2 aliphatic rings. The standard InChI is InChI=1S/C21H16N2O4S2/c1-27-15-9-7-13(8-10-15)11-17-20(26)23(21(28)29-17)16-12-18(24)22(19(16)25)14-5-3-2-4-6-14/h2-11,16H,12H2,1H3/b17-11+. The molecule has 1 atom stereocenters. The van der Waals surface area contributed by atoms with Crippen molar-refractivity contribution in [3.8, 4) is 5.75 Å². The lowest BCUT2D eigenvalue weighted by atomic mass is 10.2. The maximum Gasteiger partial charge on any atom is 0.266 e. The first-order chi connectivity index (χ1) is 14.0. The number of anilines is 1. The highest BCUT2D eigenvalue weighted by Gasteiger charge is 2.48. The molecule has 2 aliphatic heterocycles. The van der Waals surface area contributed by atoms with Gasteiger partial charge in [0.05, 0.1) is 24.1 Å². The third kappa shape index (κ3) is 3.56. The molecule has 146 valence electrons. The van der Waals surface area contributed by atoms with Crippen LogP contribution < -0.4 is 9.64 Å². The summed E-state index contributed by atoms with van der Waals surface area (Å²) in [5.41, 5.74) is 1.30. The fourth-order valence-corrected chi connectivity index (χ4v) is 4.62. The highest BCUT2D eigenvalue weighted by molar-refractivity contribution is 8.26. The Morgan fingerprint density at radius 3 is 2.41 bits per heavy atom. The van der Waals surface area contributed by atoms with Gasteiger partial charge in [-0.25, -0.2) is 4.90 Å². The second-order valence-corrected chi connectivity index (χ2v) is 8.12. The second-order valence-electron chi connectivity index (χ2n) is 6.45. The Hall–Kier alpha value is -2.97. The number of imide groups is 1. The Kier molecular flexibility index (Phi) is 5.21. The van der Waals surface area contributed by atoms with Crippen LogP contribution in [-0.2, 0) is 14.4 Å². The normalized spacial score (nSPS) is 20.9. The molecule has 0 spiro atoms. The number of thiocarbonyl (C=S) groups is 1. The molecule has 0 radical (unpaired) electrons. The van der Waals surface area contributed by atoms with E-state index in [0.29, 0.717) is 16.3 Å². The van der Waals surface area contributed by atoms with E-state index in [2.05, 4.69) is 0 Å². The van der Waals surface area contributed by atoms with Gasteiger partial charge in [-0.05, 0) is 35.9 Å². The van der Waals surface area contributed by atoms with Gasteiger partial charge in [-0.2, -0.15) is 0 Å². The van der Waals surface area contributed by atoms with Crippen LogP contribution in [0.3, 0.4) is 0 Å². The first kappa shape index (κ1) is 19.4. The number of amides is 3. The average Bonchev–Trinajstić information content (AvgIpc) is 3.17. The van der Waals surface area contributed by atoms with E-state index >= 15 is 0 Å². The second kappa shape index (κ2) is 7.81. The highest BCUT2D eigenvalue weighted by atomic mass is 32.2. The lowest BCUT2D eigenvalue weighted by Crippen LogP contribution is -2.44. The quantitative estimate of drug-likeness (QED) is 0.427. The predicted molar refractivity (Wildman–Crippen MR) is 115 cm³/mol. The summed E-state index contributed by atoms with van der Waals surface area (Å²) >= 11 is 6.49. The monoisotopic (exact) mass is 424 g/mol. The zero-order valence-corrected chi connectivity index (χ0v) is 17.0. The molecule has 0 N–H and O–H groups in total. The number of methoxy groups -OCH3 is 1. The Bertz CT molecular complexity index is 1030. The maximum atomic E-state index is 13.0. The lowest BCUT2D eigenvalue weighted by Gasteiger charge is -2.21. The van der Waals surface area contributed by atoms with E-state index in [-0.39, 0.29) is 22.6 Å². The van der Waals surface area contributed by atoms with Crippen LogP contribution in [0.1, 0.15) is 12.0 Å². The Morgan fingerprint density at radius 2 is 1.76 bits per heavy atom. The summed E-state index contributed by atoms with van der Waals surface area (Å²) in [6.07, 6.45) is 1.63. The summed E-state index contributed by atoms with van der Waals surface area (Å²) in [7, 11) is 1.58. The van der Waals surface area contributed by atoms with Crippen molar-refractivity contribution in [1.82, 2.24) is 4.90 Å². The van der Waals surface area contributed by atoms with E-state index < -0.39 is 11.9 Å². The van der Waals surface area contributed by atoms with E-state index in [4.69, 9.17) is 17.0 Å². The Balaban J connectivity index is 1.58. The Morgan fingerprint density at radius 1 is 1.07 bits per heavy atom. The Labute approximate surface area is 177 Å². The highest BCUT2D eigenvalue weighted by Crippen LogP contribution is 2.37. The zero-order valence-electron chi connectivity index (χ0n) is 15.4. The van der Waals surface area contributed by atoms with Crippen LogP contribution in [0.15, 0.2) is 59.5 Å². The molecule has 29 heavy (non-hydrogen) atoms. The van der Waals surface area contributed by atoms with Crippen molar-refractivity contribution in [2.24, 2.45) is 0 Å². The average molecular weight is 425 g/mol. The molecule has 2 aromatic carbocycles. The topological polar surface area (TPSA) is 66.9 Å². The van der Waals surface area contributed by atoms with Gasteiger partial charge in [0.25, 0.3) is 11.8 Å². The van der Waals surface area contributed by atoms with E-state index in [1.807, 2.05) is 12.1 Å². The van der Waals surface area contributed by atoms with Gasteiger partial charge < -0.3 is 4.74 Å². The molecular formula is C21H16N2O4S2. The van der Waals surface area contributed by atoms with Gasteiger partial charge in [-0.15, -0.1) is 0 Å². The van der Waals surface area contributed by atoms with E-state index in [1.165, 1.54) is 4.90 Å². The lowest BCUT2D eigenvalue weighted by molar-refractivity contribution is -0.129. The minimum absolute atomic E-state index is 0.0873. The number of hydrogen-bond donors (Lipinski definition) is 0. The summed E-state index contributed by atoms with van der Waals surface area (Å²) in [4.78, 5) is 41.2. The van der Waals surface area contributed by atoms with Crippen molar-refractivity contribution in [3.05, 3.63) is 65.1 Å². The summed E-state index contributed by atoms with van der Waals surface area (Å²) in [5.74, 6) is -0.440. The largest absolute Gasteiger partial charge is 0.497 e. The van der Waals surface area contributed by atoms with Crippen molar-refractivity contribution in [2.45, 2.75) is 12.5 Å². The summed E-state index contributed by atoms with van der Waals surface area (Å²) in [5, 5.41) is 0. The molecule has 0 aliphatic carbocycles.